The molecule has 3 unspecified atom stereocenters. The summed E-state index contributed by atoms with van der Waals surface area (Å²) in [6, 6.07) is 0. The molecule has 1 aliphatic rings. The second-order valence-corrected chi connectivity index (χ2v) is 8.33. The summed E-state index contributed by atoms with van der Waals surface area (Å²) in [6.07, 6.45) is -6.06. The Labute approximate surface area is 145 Å². The van der Waals surface area contributed by atoms with E-state index in [1.165, 1.54) is 0 Å². The highest BCUT2D eigenvalue weighted by Gasteiger charge is 2.80. The molecule has 0 spiro atoms. The molecule has 1 rings (SSSR count). The van der Waals surface area contributed by atoms with E-state index in [0.717, 1.165) is 13.3 Å². The van der Waals surface area contributed by atoms with Crippen LogP contribution in [0, 0.1) is 6.42 Å². The van der Waals surface area contributed by atoms with Crippen molar-refractivity contribution in [3.63, 3.8) is 0 Å². The first-order chi connectivity index (χ1) is 10.1. The van der Waals surface area contributed by atoms with Gasteiger partial charge in [0.2, 0.25) is 0 Å². The second-order valence-electron chi connectivity index (χ2n) is 4.52. The highest BCUT2D eigenvalue weighted by atomic mass is 79.9. The molecule has 3 atom stereocenters. The van der Waals surface area contributed by atoms with Crippen LogP contribution in [-0.4, -0.2) is 32.4 Å². The Balaban J connectivity index is 3.32. The summed E-state index contributed by atoms with van der Waals surface area (Å²) in [5.74, 6) is -6.52. The quantitative estimate of drug-likeness (QED) is 0.289. The van der Waals surface area contributed by atoms with E-state index in [0.29, 0.717) is 12.2 Å². The minimum Gasteiger partial charge on any atom is -0.607 e. The lowest BCUT2D eigenvalue weighted by Gasteiger charge is -2.32. The molecular weight excluding hydrogens is 492 g/mol. The zero-order valence-electron chi connectivity index (χ0n) is 10.9. The molecule has 0 aliphatic heterocycles. The van der Waals surface area contributed by atoms with Crippen LogP contribution in [0.15, 0.2) is 21.5 Å². The SMILES string of the molecule is CC(F)C1(Br)[CH]C(Br)=CC([S+]([O-])C(F)(F)C(F)(F)C(F)(F)F)=C1. The van der Waals surface area contributed by atoms with Gasteiger partial charge < -0.3 is 4.55 Å². The molecule has 0 saturated heterocycles. The van der Waals surface area contributed by atoms with Gasteiger partial charge in [0.1, 0.15) is 6.17 Å². The fraction of sp³-hybridized carbons (Fsp3) is 0.545. The maximum atomic E-state index is 13.5. The number of hydrogen-bond acceptors (Lipinski definition) is 1. The zero-order chi connectivity index (χ0) is 18.4. The van der Waals surface area contributed by atoms with Gasteiger partial charge in [-0.25, -0.2) is 4.39 Å². The number of alkyl halides is 9. The van der Waals surface area contributed by atoms with Crippen molar-refractivity contribution in [2.75, 3.05) is 0 Å². The van der Waals surface area contributed by atoms with Crippen molar-refractivity contribution in [1.29, 1.82) is 0 Å². The topological polar surface area (TPSA) is 23.1 Å². The molecule has 23 heavy (non-hydrogen) atoms. The number of hydrogen-bond donors (Lipinski definition) is 0. The van der Waals surface area contributed by atoms with Gasteiger partial charge in [0, 0.05) is 17.0 Å². The van der Waals surface area contributed by atoms with E-state index >= 15 is 0 Å². The molecule has 0 saturated carbocycles. The maximum absolute atomic E-state index is 13.5. The number of rotatable bonds is 4. The Bertz CT molecular complexity index is 531. The first-order valence-corrected chi connectivity index (χ1v) is 8.33. The van der Waals surface area contributed by atoms with Crippen molar-refractivity contribution in [3.05, 3.63) is 28.0 Å². The molecule has 0 aromatic rings. The van der Waals surface area contributed by atoms with Crippen LogP contribution in [0.3, 0.4) is 0 Å². The predicted octanol–water partition coefficient (Wildman–Crippen LogP) is 5.40. The molecule has 1 nitrogen and oxygen atoms in total. The lowest BCUT2D eigenvalue weighted by atomic mass is 9.96. The summed E-state index contributed by atoms with van der Waals surface area (Å²) < 4.78 is 113. The van der Waals surface area contributed by atoms with E-state index in [9.17, 15) is 39.7 Å². The van der Waals surface area contributed by atoms with Gasteiger partial charge in [0.25, 0.3) is 0 Å². The van der Waals surface area contributed by atoms with Crippen molar-refractivity contribution in [1.82, 2.24) is 0 Å². The summed E-state index contributed by atoms with van der Waals surface area (Å²) in [4.78, 5) is -1.07. The van der Waals surface area contributed by atoms with Crippen molar-refractivity contribution in [3.8, 4) is 0 Å². The fourth-order valence-electron chi connectivity index (χ4n) is 1.46. The molecule has 1 aliphatic carbocycles. The van der Waals surface area contributed by atoms with E-state index < -0.39 is 43.9 Å². The van der Waals surface area contributed by atoms with E-state index in [4.69, 9.17) is 0 Å². The fourth-order valence-corrected chi connectivity index (χ4v) is 4.37. The van der Waals surface area contributed by atoms with Crippen LogP contribution in [-0.2, 0) is 11.2 Å². The van der Waals surface area contributed by atoms with Gasteiger partial charge in [-0.3, -0.25) is 0 Å². The molecule has 0 heterocycles. The third-order valence-electron chi connectivity index (χ3n) is 2.78. The summed E-state index contributed by atoms with van der Waals surface area (Å²) >= 11 is 1.49. The van der Waals surface area contributed by atoms with Gasteiger partial charge in [-0.1, -0.05) is 31.9 Å². The van der Waals surface area contributed by atoms with Gasteiger partial charge in [-0.2, -0.15) is 22.0 Å². The smallest absolute Gasteiger partial charge is 0.486 e. The highest BCUT2D eigenvalue weighted by molar-refractivity contribution is 9.12. The van der Waals surface area contributed by atoms with E-state index in [-0.39, 0.29) is 4.48 Å². The Morgan fingerprint density at radius 3 is 2.04 bits per heavy atom. The monoisotopic (exact) mass is 497 g/mol. The Morgan fingerprint density at radius 2 is 1.65 bits per heavy atom. The van der Waals surface area contributed by atoms with Crippen molar-refractivity contribution >= 4 is 43.0 Å². The third kappa shape index (κ3) is 3.90. The van der Waals surface area contributed by atoms with Crippen LogP contribution in [0.2, 0.25) is 0 Å². The lowest BCUT2D eigenvalue weighted by Crippen LogP contribution is -2.56. The molecular formula is C11H7Br2F8OS. The largest absolute Gasteiger partial charge is 0.607 e. The number of halogens is 10. The average molecular weight is 499 g/mol. The van der Waals surface area contributed by atoms with Gasteiger partial charge >= 0.3 is 17.4 Å². The Kier molecular flexibility index (Phi) is 5.99. The first-order valence-electron chi connectivity index (χ1n) is 5.59. The van der Waals surface area contributed by atoms with Gasteiger partial charge in [-0.15, -0.1) is 8.78 Å². The van der Waals surface area contributed by atoms with Crippen LogP contribution in [0.4, 0.5) is 35.1 Å². The second kappa shape index (κ2) is 6.49. The van der Waals surface area contributed by atoms with E-state index in [2.05, 4.69) is 31.9 Å². The van der Waals surface area contributed by atoms with Gasteiger partial charge in [-0.05, 0) is 13.0 Å². The third-order valence-corrected chi connectivity index (χ3v) is 5.71. The molecule has 133 valence electrons. The minimum absolute atomic E-state index is 0.115. The Hall–Kier alpha value is 0.190. The van der Waals surface area contributed by atoms with Crippen LogP contribution in [0.1, 0.15) is 6.92 Å². The first kappa shape index (κ1) is 21.2. The molecule has 0 N–H and O–H groups in total. The maximum Gasteiger partial charge on any atom is 0.486 e. The normalized spacial score (nSPS) is 26.4. The molecule has 0 bridgehead atoms. The van der Waals surface area contributed by atoms with E-state index in [1.54, 1.807) is 0 Å². The molecule has 0 aromatic heterocycles. The van der Waals surface area contributed by atoms with E-state index in [1.807, 2.05) is 0 Å². The van der Waals surface area contributed by atoms with Crippen LogP contribution in [0.5, 0.6) is 0 Å². The molecule has 12 heteroatoms. The summed E-state index contributed by atoms with van der Waals surface area (Å²) in [5.41, 5.74) is 0. The molecule has 1 radical (unpaired) electrons. The lowest BCUT2D eigenvalue weighted by molar-refractivity contribution is -0.331. The Morgan fingerprint density at radius 1 is 1.17 bits per heavy atom. The summed E-state index contributed by atoms with van der Waals surface area (Å²) in [7, 11) is 0. The average Bonchev–Trinajstić information content (AvgIpc) is 2.34. The standard InChI is InChI=1S/C11H7Br2F8OS/c1-5(14)8(13)3-6(12)2-7(4-8)23(22)11(20,21)9(15,16)10(17,18)19/h2-5H,1H3. The van der Waals surface area contributed by atoms with Crippen LogP contribution in [0.25, 0.3) is 0 Å². The highest BCUT2D eigenvalue weighted by Crippen LogP contribution is 2.52. The predicted molar refractivity (Wildman–Crippen MR) is 75.7 cm³/mol. The molecule has 0 fully saturated rings. The zero-order valence-corrected chi connectivity index (χ0v) is 14.9. The van der Waals surface area contributed by atoms with Gasteiger partial charge in [0.05, 0.1) is 15.5 Å². The summed E-state index contributed by atoms with van der Waals surface area (Å²) in [5, 5.41) is -5.94. The van der Waals surface area contributed by atoms with Crippen molar-refractivity contribution < 1.29 is 39.7 Å². The molecule has 0 aromatic carbocycles. The van der Waals surface area contributed by atoms with Crippen LogP contribution >= 0.6 is 31.9 Å². The van der Waals surface area contributed by atoms with Crippen LogP contribution < -0.4 is 0 Å². The van der Waals surface area contributed by atoms with Gasteiger partial charge in [0.15, 0.2) is 4.91 Å². The minimum atomic E-state index is -6.60. The molecule has 0 amide bonds. The van der Waals surface area contributed by atoms with Crippen molar-refractivity contribution in [2.24, 2.45) is 0 Å². The van der Waals surface area contributed by atoms with Crippen molar-refractivity contribution in [2.45, 2.75) is 34.8 Å². The summed E-state index contributed by atoms with van der Waals surface area (Å²) in [6.45, 7) is 0.982. The number of allylic oxidation sites excluding steroid dienone is 3.